The summed E-state index contributed by atoms with van der Waals surface area (Å²) in [4.78, 5) is 27.5. The number of carbonyl (C=O) groups is 2. The van der Waals surface area contributed by atoms with Gasteiger partial charge in [-0.2, -0.15) is 0 Å². The molecule has 0 saturated heterocycles. The molecule has 2 aromatic rings. The summed E-state index contributed by atoms with van der Waals surface area (Å²) in [6.45, 7) is 6.31. The molecule has 1 heterocycles. The SMILES string of the molecule is CC(C)CNC(=O)C(C)N(Cc1ccc(F)cc1)C(=O)CCCN(c1ccc2c(c1)OCO2)S(C)(=O)=O. The maximum atomic E-state index is 13.4. The van der Waals surface area contributed by atoms with Crippen molar-refractivity contribution in [3.8, 4) is 11.5 Å². The maximum absolute atomic E-state index is 13.4. The molecule has 2 amide bonds. The fourth-order valence-electron chi connectivity index (χ4n) is 3.87. The number of amides is 2. The molecule has 1 atom stereocenters. The fraction of sp³-hybridized carbons (Fsp3) is 0.462. The van der Waals surface area contributed by atoms with Gasteiger partial charge in [0, 0.05) is 32.1 Å². The number of fused-ring (bicyclic) bond motifs is 1. The second kappa shape index (κ2) is 12.3. The average molecular weight is 536 g/mol. The van der Waals surface area contributed by atoms with Crippen molar-refractivity contribution < 1.29 is 31.9 Å². The first kappa shape index (κ1) is 28.2. The number of hydrogen-bond acceptors (Lipinski definition) is 6. The number of hydrogen-bond donors (Lipinski definition) is 1. The Balaban J connectivity index is 1.71. The summed E-state index contributed by atoms with van der Waals surface area (Å²) in [5.41, 5.74) is 1.08. The van der Waals surface area contributed by atoms with Crippen LogP contribution < -0.4 is 19.1 Å². The van der Waals surface area contributed by atoms with Gasteiger partial charge in [0.1, 0.15) is 11.9 Å². The van der Waals surface area contributed by atoms with E-state index in [2.05, 4.69) is 5.32 Å². The van der Waals surface area contributed by atoms with Crippen molar-refractivity contribution in [3.63, 3.8) is 0 Å². The van der Waals surface area contributed by atoms with Crippen molar-refractivity contribution in [2.24, 2.45) is 5.92 Å². The zero-order valence-electron chi connectivity index (χ0n) is 21.6. The van der Waals surface area contributed by atoms with Crippen LogP contribution in [0.3, 0.4) is 0 Å². The van der Waals surface area contributed by atoms with E-state index >= 15 is 0 Å². The third-order valence-corrected chi connectivity index (χ3v) is 7.11. The molecule has 0 radical (unpaired) electrons. The van der Waals surface area contributed by atoms with Crippen LogP contribution >= 0.6 is 0 Å². The number of benzene rings is 2. The van der Waals surface area contributed by atoms with Gasteiger partial charge in [-0.05, 0) is 49.1 Å². The van der Waals surface area contributed by atoms with Gasteiger partial charge in [0.15, 0.2) is 11.5 Å². The van der Waals surface area contributed by atoms with Gasteiger partial charge in [-0.1, -0.05) is 26.0 Å². The summed E-state index contributed by atoms with van der Waals surface area (Å²) in [5.74, 6) is 0.240. The Hall–Kier alpha value is -3.34. The number of rotatable bonds is 12. The Morgan fingerprint density at radius 3 is 2.38 bits per heavy atom. The molecule has 37 heavy (non-hydrogen) atoms. The van der Waals surface area contributed by atoms with Crippen LogP contribution in [0, 0.1) is 11.7 Å². The van der Waals surface area contributed by atoms with Gasteiger partial charge in [0.25, 0.3) is 0 Å². The normalized spacial score (nSPS) is 13.4. The van der Waals surface area contributed by atoms with Crippen molar-refractivity contribution in [1.29, 1.82) is 0 Å². The topological polar surface area (TPSA) is 105 Å². The van der Waals surface area contributed by atoms with E-state index in [0.717, 1.165) is 6.26 Å². The zero-order chi connectivity index (χ0) is 27.2. The van der Waals surface area contributed by atoms with Crippen LogP contribution in [-0.4, -0.2) is 57.3 Å². The van der Waals surface area contributed by atoms with E-state index in [1.54, 1.807) is 37.3 Å². The molecular formula is C26H34FN3O6S. The molecule has 11 heteroatoms. The average Bonchev–Trinajstić information content (AvgIpc) is 3.31. The first-order valence-electron chi connectivity index (χ1n) is 12.1. The van der Waals surface area contributed by atoms with Crippen LogP contribution in [0.4, 0.5) is 10.1 Å². The molecular weight excluding hydrogens is 501 g/mol. The first-order valence-corrected chi connectivity index (χ1v) is 14.0. The standard InChI is InChI=1S/C26H34FN3O6S/c1-18(2)15-28-26(32)19(3)29(16-20-7-9-21(27)10-8-20)25(31)6-5-13-30(37(4,33)34)22-11-12-23-24(14-22)36-17-35-23/h7-12,14,18-19H,5-6,13,15-17H2,1-4H3,(H,28,32). The minimum absolute atomic E-state index is 0.0135. The van der Waals surface area contributed by atoms with E-state index in [4.69, 9.17) is 9.47 Å². The highest BCUT2D eigenvalue weighted by molar-refractivity contribution is 7.92. The zero-order valence-corrected chi connectivity index (χ0v) is 22.4. The van der Waals surface area contributed by atoms with Gasteiger partial charge in [0.05, 0.1) is 11.9 Å². The van der Waals surface area contributed by atoms with Crippen molar-refractivity contribution in [3.05, 3.63) is 53.8 Å². The predicted octanol–water partition coefficient (Wildman–Crippen LogP) is 3.29. The molecule has 1 unspecified atom stereocenters. The lowest BCUT2D eigenvalue weighted by Crippen LogP contribution is -2.48. The molecule has 0 aromatic heterocycles. The van der Waals surface area contributed by atoms with E-state index < -0.39 is 21.9 Å². The van der Waals surface area contributed by atoms with E-state index in [1.807, 2.05) is 13.8 Å². The van der Waals surface area contributed by atoms with E-state index in [1.165, 1.54) is 21.3 Å². The fourth-order valence-corrected chi connectivity index (χ4v) is 4.82. The highest BCUT2D eigenvalue weighted by Gasteiger charge is 2.27. The van der Waals surface area contributed by atoms with Crippen LogP contribution in [0.25, 0.3) is 0 Å². The van der Waals surface area contributed by atoms with Crippen LogP contribution in [-0.2, 0) is 26.2 Å². The largest absolute Gasteiger partial charge is 0.454 e. The third kappa shape index (κ3) is 7.82. The third-order valence-electron chi connectivity index (χ3n) is 5.91. The van der Waals surface area contributed by atoms with E-state index in [0.29, 0.717) is 29.3 Å². The number of sulfonamides is 1. The summed E-state index contributed by atoms with van der Waals surface area (Å²) >= 11 is 0. The molecule has 0 aliphatic carbocycles. The lowest BCUT2D eigenvalue weighted by atomic mass is 10.1. The molecule has 0 saturated carbocycles. The molecule has 202 valence electrons. The number of halogens is 1. The Bertz CT molecular complexity index is 1200. The van der Waals surface area contributed by atoms with Crippen molar-refractivity contribution in [2.45, 2.75) is 46.2 Å². The molecule has 1 N–H and O–H groups in total. The second-order valence-corrected chi connectivity index (χ2v) is 11.3. The Morgan fingerprint density at radius 1 is 1.05 bits per heavy atom. The summed E-state index contributed by atoms with van der Waals surface area (Å²) in [5, 5.41) is 2.85. The molecule has 1 aliphatic rings. The summed E-state index contributed by atoms with van der Waals surface area (Å²) in [7, 11) is -3.64. The molecule has 0 spiro atoms. The lowest BCUT2D eigenvalue weighted by molar-refractivity contribution is -0.140. The van der Waals surface area contributed by atoms with Crippen LogP contribution in [0.2, 0.25) is 0 Å². The quantitative estimate of drug-likeness (QED) is 0.447. The van der Waals surface area contributed by atoms with Gasteiger partial charge in [-0.3, -0.25) is 13.9 Å². The number of anilines is 1. The number of carbonyl (C=O) groups excluding carboxylic acids is 2. The number of ether oxygens (including phenoxy) is 2. The van der Waals surface area contributed by atoms with Crippen molar-refractivity contribution in [1.82, 2.24) is 10.2 Å². The van der Waals surface area contributed by atoms with Crippen molar-refractivity contribution >= 4 is 27.5 Å². The predicted molar refractivity (Wildman–Crippen MR) is 138 cm³/mol. The molecule has 0 fully saturated rings. The van der Waals surface area contributed by atoms with Crippen LogP contribution in [0.5, 0.6) is 11.5 Å². The highest BCUT2D eigenvalue weighted by atomic mass is 32.2. The molecule has 9 nitrogen and oxygen atoms in total. The highest BCUT2D eigenvalue weighted by Crippen LogP contribution is 2.36. The Morgan fingerprint density at radius 2 is 1.73 bits per heavy atom. The molecule has 3 rings (SSSR count). The minimum atomic E-state index is -3.64. The Labute approximate surface area is 217 Å². The number of nitrogens with zero attached hydrogens (tertiary/aromatic N) is 2. The van der Waals surface area contributed by atoms with Crippen LogP contribution in [0.1, 0.15) is 39.2 Å². The monoisotopic (exact) mass is 535 g/mol. The van der Waals surface area contributed by atoms with Gasteiger partial charge in [-0.15, -0.1) is 0 Å². The van der Waals surface area contributed by atoms with Gasteiger partial charge >= 0.3 is 0 Å². The minimum Gasteiger partial charge on any atom is -0.454 e. The molecule has 2 aromatic carbocycles. The molecule has 1 aliphatic heterocycles. The smallest absolute Gasteiger partial charge is 0.242 e. The van der Waals surface area contributed by atoms with E-state index in [9.17, 15) is 22.4 Å². The lowest BCUT2D eigenvalue weighted by Gasteiger charge is -2.29. The van der Waals surface area contributed by atoms with Crippen LogP contribution in [0.15, 0.2) is 42.5 Å². The summed E-state index contributed by atoms with van der Waals surface area (Å²) < 4.78 is 50.3. The summed E-state index contributed by atoms with van der Waals surface area (Å²) in [6, 6.07) is 9.83. The molecule has 0 bridgehead atoms. The van der Waals surface area contributed by atoms with Gasteiger partial charge < -0.3 is 19.7 Å². The first-order chi connectivity index (χ1) is 17.5. The second-order valence-electron chi connectivity index (χ2n) is 9.44. The summed E-state index contributed by atoms with van der Waals surface area (Å²) in [6.07, 6.45) is 1.33. The van der Waals surface area contributed by atoms with Gasteiger partial charge in [-0.25, -0.2) is 12.8 Å². The van der Waals surface area contributed by atoms with E-state index in [-0.39, 0.29) is 50.5 Å². The Kier molecular flexibility index (Phi) is 9.36. The van der Waals surface area contributed by atoms with Gasteiger partial charge in [0.2, 0.25) is 28.6 Å². The van der Waals surface area contributed by atoms with Crippen molar-refractivity contribution in [2.75, 3.05) is 30.4 Å². The maximum Gasteiger partial charge on any atom is 0.242 e. The number of nitrogens with one attached hydrogen (secondary N) is 1.